The van der Waals surface area contributed by atoms with E-state index in [4.69, 9.17) is 9.90 Å². The number of halogens is 3. The molecule has 4 rings (SSSR count). The minimum Gasteiger partial charge on any atom is -0.475 e. The lowest BCUT2D eigenvalue weighted by Crippen LogP contribution is -2.21. The summed E-state index contributed by atoms with van der Waals surface area (Å²) in [5, 5.41) is 23.2. The molecule has 0 fully saturated rings. The Morgan fingerprint density at radius 3 is 2.69 bits per heavy atom. The molecule has 3 N–H and O–H groups in total. The molecule has 0 aliphatic heterocycles. The summed E-state index contributed by atoms with van der Waals surface area (Å²) in [5.74, 6) is -1.90. The molecule has 152 valence electrons. The second-order valence-electron chi connectivity index (χ2n) is 6.03. The zero-order valence-corrected chi connectivity index (χ0v) is 15.2. The van der Waals surface area contributed by atoms with Crippen molar-refractivity contribution in [2.45, 2.75) is 19.5 Å². The highest BCUT2D eigenvalue weighted by molar-refractivity contribution is 5.83. The molecule has 0 atom stereocenters. The van der Waals surface area contributed by atoms with E-state index in [1.165, 1.54) is 0 Å². The Balaban J connectivity index is 0.000000298. The molecule has 0 spiro atoms. The summed E-state index contributed by atoms with van der Waals surface area (Å²) in [4.78, 5) is 13.3. The number of H-pyrrole nitrogens is 1. The molecule has 0 saturated carbocycles. The largest absolute Gasteiger partial charge is 0.490 e. The average Bonchev–Trinajstić information content (AvgIpc) is 3.31. The third-order valence-electron chi connectivity index (χ3n) is 3.90. The summed E-state index contributed by atoms with van der Waals surface area (Å²) < 4.78 is 33.6. The Hall–Kier alpha value is -3.63. The predicted octanol–water partition coefficient (Wildman–Crippen LogP) is 3.73. The number of rotatable bonds is 4. The number of imidazole rings is 1. The van der Waals surface area contributed by atoms with E-state index in [0.717, 1.165) is 46.6 Å². The van der Waals surface area contributed by atoms with Crippen molar-refractivity contribution < 1.29 is 23.1 Å². The Labute approximate surface area is 162 Å². The molecule has 11 heteroatoms. The number of anilines is 1. The van der Waals surface area contributed by atoms with Crippen molar-refractivity contribution >= 4 is 28.3 Å². The molecule has 0 bridgehead atoms. The Bertz CT molecular complexity index is 1140. The zero-order chi connectivity index (χ0) is 21.0. The van der Waals surface area contributed by atoms with Crippen LogP contribution < -0.4 is 5.32 Å². The van der Waals surface area contributed by atoms with Crippen LogP contribution in [0.15, 0.2) is 42.7 Å². The molecule has 4 aromatic rings. The molecule has 0 aliphatic rings. The third-order valence-corrected chi connectivity index (χ3v) is 3.90. The van der Waals surface area contributed by atoms with Gasteiger partial charge in [0.05, 0.1) is 23.6 Å². The van der Waals surface area contributed by atoms with Gasteiger partial charge in [-0.05, 0) is 30.7 Å². The zero-order valence-electron chi connectivity index (χ0n) is 15.2. The van der Waals surface area contributed by atoms with Crippen molar-refractivity contribution in [1.82, 2.24) is 24.8 Å². The molecule has 0 amide bonds. The summed E-state index contributed by atoms with van der Waals surface area (Å²) in [5.41, 5.74) is 3.90. The summed E-state index contributed by atoms with van der Waals surface area (Å²) in [6, 6.07) is 10.1. The number of aromatic amines is 1. The van der Waals surface area contributed by atoms with Crippen molar-refractivity contribution in [2.75, 3.05) is 11.9 Å². The van der Waals surface area contributed by atoms with Gasteiger partial charge in [0.2, 0.25) is 0 Å². The third kappa shape index (κ3) is 4.62. The molecule has 0 saturated heterocycles. The number of carbonyl (C=O) groups is 1. The van der Waals surface area contributed by atoms with E-state index in [1.807, 2.05) is 35.1 Å². The molecule has 0 radical (unpaired) electrons. The highest BCUT2D eigenvalue weighted by Gasteiger charge is 2.38. The molecule has 1 aromatic carbocycles. The number of nitrogens with one attached hydrogen (secondary N) is 2. The van der Waals surface area contributed by atoms with Crippen LogP contribution in [0.2, 0.25) is 0 Å². The van der Waals surface area contributed by atoms with Crippen molar-refractivity contribution in [3.8, 4) is 11.3 Å². The number of nitrogens with zero attached hydrogens (tertiary/aromatic N) is 4. The lowest BCUT2D eigenvalue weighted by Gasteiger charge is -2.06. The van der Waals surface area contributed by atoms with Crippen molar-refractivity contribution in [3.63, 3.8) is 0 Å². The van der Waals surface area contributed by atoms with Gasteiger partial charge >= 0.3 is 12.1 Å². The van der Waals surface area contributed by atoms with E-state index in [9.17, 15) is 13.2 Å². The quantitative estimate of drug-likeness (QED) is 0.477. The maximum absolute atomic E-state index is 10.6. The molecular formula is C18H17F3N6O2. The first kappa shape index (κ1) is 20.1. The first-order chi connectivity index (χ1) is 13.8. The molecule has 3 heterocycles. The van der Waals surface area contributed by atoms with Gasteiger partial charge in [0.25, 0.3) is 0 Å². The van der Waals surface area contributed by atoms with Crippen LogP contribution in [0.1, 0.15) is 13.3 Å². The minimum atomic E-state index is -5.08. The number of alkyl halides is 3. The van der Waals surface area contributed by atoms with Gasteiger partial charge in [0.1, 0.15) is 5.82 Å². The number of benzene rings is 1. The van der Waals surface area contributed by atoms with Crippen molar-refractivity contribution in [3.05, 3.63) is 42.7 Å². The lowest BCUT2D eigenvalue weighted by molar-refractivity contribution is -0.192. The molecule has 3 aromatic heterocycles. The SMILES string of the molecule is CCCNc1ccc2ncc(-c3ccc4[nH]ncc4c3)n2n1.O=C(O)C(F)(F)F. The van der Waals surface area contributed by atoms with E-state index < -0.39 is 12.1 Å². The second kappa shape index (κ2) is 8.17. The highest BCUT2D eigenvalue weighted by atomic mass is 19.4. The Morgan fingerprint density at radius 2 is 2.00 bits per heavy atom. The van der Waals surface area contributed by atoms with Crippen LogP contribution in [0.4, 0.5) is 19.0 Å². The van der Waals surface area contributed by atoms with E-state index in [1.54, 1.807) is 0 Å². The minimum absolute atomic E-state index is 0.837. The monoisotopic (exact) mass is 406 g/mol. The van der Waals surface area contributed by atoms with E-state index >= 15 is 0 Å². The fourth-order valence-electron chi connectivity index (χ4n) is 2.52. The maximum Gasteiger partial charge on any atom is 0.490 e. The van der Waals surface area contributed by atoms with Crippen molar-refractivity contribution in [2.24, 2.45) is 0 Å². The van der Waals surface area contributed by atoms with Crippen LogP contribution in [0.3, 0.4) is 0 Å². The first-order valence-corrected chi connectivity index (χ1v) is 8.62. The van der Waals surface area contributed by atoms with E-state index in [0.29, 0.717) is 0 Å². The molecule has 29 heavy (non-hydrogen) atoms. The van der Waals surface area contributed by atoms with Crippen LogP contribution in [0.5, 0.6) is 0 Å². The molecule has 0 unspecified atom stereocenters. The van der Waals surface area contributed by atoms with Gasteiger partial charge in [0.15, 0.2) is 5.65 Å². The van der Waals surface area contributed by atoms with Gasteiger partial charge in [-0.1, -0.05) is 13.0 Å². The lowest BCUT2D eigenvalue weighted by atomic mass is 10.1. The predicted molar refractivity (Wildman–Crippen MR) is 101 cm³/mol. The van der Waals surface area contributed by atoms with Gasteiger partial charge in [-0.15, -0.1) is 5.10 Å². The Kier molecular flexibility index (Phi) is 5.66. The van der Waals surface area contributed by atoms with E-state index in [-0.39, 0.29) is 0 Å². The van der Waals surface area contributed by atoms with Crippen molar-refractivity contribution in [1.29, 1.82) is 0 Å². The fourth-order valence-corrected chi connectivity index (χ4v) is 2.52. The summed E-state index contributed by atoms with van der Waals surface area (Å²) in [7, 11) is 0. The van der Waals surface area contributed by atoms with Crippen LogP contribution >= 0.6 is 0 Å². The van der Waals surface area contributed by atoms with Crippen LogP contribution in [0.25, 0.3) is 27.8 Å². The van der Waals surface area contributed by atoms with E-state index in [2.05, 4.69) is 44.7 Å². The van der Waals surface area contributed by atoms with Crippen LogP contribution in [-0.2, 0) is 4.79 Å². The highest BCUT2D eigenvalue weighted by Crippen LogP contribution is 2.24. The fraction of sp³-hybridized carbons (Fsp3) is 0.222. The number of aliphatic carboxylic acids is 1. The number of fused-ring (bicyclic) bond motifs is 2. The first-order valence-electron chi connectivity index (χ1n) is 8.62. The van der Waals surface area contributed by atoms with Crippen LogP contribution in [0, 0.1) is 0 Å². The summed E-state index contributed by atoms with van der Waals surface area (Å²) in [6.07, 6.45) is -0.343. The standard InChI is InChI=1S/C16H16N6.C2HF3O2/c1-2-7-17-15-5-6-16-18-10-14(22(16)21-15)11-3-4-13-12(8-11)9-19-20-13;3-2(4,5)1(6)7/h3-6,8-10H,2,7H2,1H3,(H,17,21)(H,19,20);(H,6,7). The molecule has 8 nitrogen and oxygen atoms in total. The van der Waals surface area contributed by atoms with Gasteiger partial charge in [-0.3, -0.25) is 5.10 Å². The van der Waals surface area contributed by atoms with Gasteiger partial charge in [-0.2, -0.15) is 18.3 Å². The number of hydrogen-bond donors (Lipinski definition) is 3. The normalized spacial score (nSPS) is 11.3. The average molecular weight is 406 g/mol. The number of carboxylic acids is 1. The van der Waals surface area contributed by atoms with Gasteiger partial charge < -0.3 is 10.4 Å². The summed E-state index contributed by atoms with van der Waals surface area (Å²) >= 11 is 0. The smallest absolute Gasteiger partial charge is 0.475 e. The van der Waals surface area contributed by atoms with Gasteiger partial charge in [-0.25, -0.2) is 14.3 Å². The molecular weight excluding hydrogens is 389 g/mol. The van der Waals surface area contributed by atoms with Gasteiger partial charge in [0, 0.05) is 17.5 Å². The molecule has 0 aliphatic carbocycles. The second-order valence-corrected chi connectivity index (χ2v) is 6.03. The number of hydrogen-bond acceptors (Lipinski definition) is 5. The maximum atomic E-state index is 10.6. The van der Waals surface area contributed by atoms with Crippen LogP contribution in [-0.4, -0.2) is 48.6 Å². The topological polar surface area (TPSA) is 108 Å². The number of aromatic nitrogens is 5. The number of carboxylic acid groups (broad SMARTS) is 1. The Morgan fingerprint density at radius 1 is 1.24 bits per heavy atom. The summed E-state index contributed by atoms with van der Waals surface area (Å²) in [6.45, 7) is 3.04.